The SMILES string of the molecule is C1CC([C@H]2CN2)C1. The first kappa shape index (κ1) is 3.90. The molecule has 1 saturated carbocycles. The Morgan fingerprint density at radius 3 is 2.14 bits per heavy atom. The van der Waals surface area contributed by atoms with Crippen LogP contribution in [0.15, 0.2) is 0 Å². The summed E-state index contributed by atoms with van der Waals surface area (Å²) in [6, 6.07) is 0.953. The molecule has 2 fully saturated rings. The van der Waals surface area contributed by atoms with Crippen molar-refractivity contribution in [3.05, 3.63) is 0 Å². The standard InChI is InChI=1S/C6H11N/c1-2-5(3-1)6-4-7-6/h5-7H,1-4H2/t6-/m1/s1. The third-order valence-electron chi connectivity index (χ3n) is 2.16. The second-order valence-electron chi connectivity index (χ2n) is 2.71. The monoisotopic (exact) mass is 97.1 g/mol. The molecule has 0 radical (unpaired) electrons. The van der Waals surface area contributed by atoms with E-state index in [1.165, 1.54) is 25.8 Å². The van der Waals surface area contributed by atoms with E-state index in [1.54, 1.807) is 0 Å². The molecule has 1 heteroatoms. The highest BCUT2D eigenvalue weighted by atomic mass is 15.1. The van der Waals surface area contributed by atoms with Crippen molar-refractivity contribution in [3.8, 4) is 0 Å². The zero-order valence-electron chi connectivity index (χ0n) is 4.48. The molecule has 0 unspecified atom stereocenters. The van der Waals surface area contributed by atoms with Gasteiger partial charge in [-0.25, -0.2) is 0 Å². The van der Waals surface area contributed by atoms with Gasteiger partial charge in [-0.3, -0.25) is 0 Å². The lowest BCUT2D eigenvalue weighted by atomic mass is 9.83. The molecule has 0 aromatic rings. The van der Waals surface area contributed by atoms with E-state index in [0.717, 1.165) is 12.0 Å². The number of rotatable bonds is 1. The van der Waals surface area contributed by atoms with E-state index in [2.05, 4.69) is 5.32 Å². The van der Waals surface area contributed by atoms with E-state index in [0.29, 0.717) is 0 Å². The lowest BCUT2D eigenvalue weighted by Gasteiger charge is -2.23. The van der Waals surface area contributed by atoms with Crippen LogP contribution in [0.3, 0.4) is 0 Å². The van der Waals surface area contributed by atoms with E-state index in [4.69, 9.17) is 0 Å². The van der Waals surface area contributed by atoms with Gasteiger partial charge in [0.15, 0.2) is 0 Å². The minimum absolute atomic E-state index is 0.953. The molecule has 1 N–H and O–H groups in total. The summed E-state index contributed by atoms with van der Waals surface area (Å²) in [4.78, 5) is 0. The van der Waals surface area contributed by atoms with Crippen molar-refractivity contribution in [2.45, 2.75) is 25.3 Å². The topological polar surface area (TPSA) is 21.9 Å². The largest absolute Gasteiger partial charge is 0.311 e. The fourth-order valence-electron chi connectivity index (χ4n) is 1.24. The fraction of sp³-hybridized carbons (Fsp3) is 1.00. The molecule has 1 heterocycles. The molecule has 2 aliphatic rings. The molecule has 0 amide bonds. The third kappa shape index (κ3) is 0.556. The molecule has 2 rings (SSSR count). The minimum atomic E-state index is 0.953. The molecule has 1 saturated heterocycles. The van der Waals surface area contributed by atoms with Crippen molar-refractivity contribution in [2.24, 2.45) is 5.92 Å². The average Bonchev–Trinajstić information content (AvgIpc) is 2.10. The van der Waals surface area contributed by atoms with Gasteiger partial charge in [-0.2, -0.15) is 0 Å². The lowest BCUT2D eigenvalue weighted by Crippen LogP contribution is -2.18. The summed E-state index contributed by atoms with van der Waals surface area (Å²) >= 11 is 0. The van der Waals surface area contributed by atoms with Gasteiger partial charge in [-0.05, 0) is 18.8 Å². The normalized spacial score (nSPS) is 40.3. The smallest absolute Gasteiger partial charge is 0.0221 e. The number of nitrogens with one attached hydrogen (secondary N) is 1. The summed E-state index contributed by atoms with van der Waals surface area (Å²) in [6.07, 6.45) is 4.48. The molecule has 0 aromatic heterocycles. The highest BCUT2D eigenvalue weighted by Gasteiger charge is 2.33. The van der Waals surface area contributed by atoms with Crippen LogP contribution in [0.1, 0.15) is 19.3 Å². The quantitative estimate of drug-likeness (QED) is 0.479. The summed E-state index contributed by atoms with van der Waals surface area (Å²) in [6.45, 7) is 1.31. The van der Waals surface area contributed by atoms with Gasteiger partial charge >= 0.3 is 0 Å². The Morgan fingerprint density at radius 2 is 2.00 bits per heavy atom. The van der Waals surface area contributed by atoms with E-state index >= 15 is 0 Å². The van der Waals surface area contributed by atoms with Crippen LogP contribution in [0.5, 0.6) is 0 Å². The van der Waals surface area contributed by atoms with E-state index in [-0.39, 0.29) is 0 Å². The predicted octanol–water partition coefficient (Wildman–Crippen LogP) is 0.758. The number of hydrogen-bond acceptors (Lipinski definition) is 1. The highest BCUT2D eigenvalue weighted by molar-refractivity contribution is 4.93. The first-order valence-electron chi connectivity index (χ1n) is 3.20. The summed E-state index contributed by atoms with van der Waals surface area (Å²) < 4.78 is 0. The maximum Gasteiger partial charge on any atom is 0.0221 e. The van der Waals surface area contributed by atoms with E-state index in [1.807, 2.05) is 0 Å². The van der Waals surface area contributed by atoms with E-state index < -0.39 is 0 Å². The fourth-order valence-corrected chi connectivity index (χ4v) is 1.24. The highest BCUT2D eigenvalue weighted by Crippen LogP contribution is 2.32. The van der Waals surface area contributed by atoms with Crippen LogP contribution in [-0.2, 0) is 0 Å². The summed E-state index contributed by atoms with van der Waals surface area (Å²) in [7, 11) is 0. The van der Waals surface area contributed by atoms with Gasteiger partial charge in [0.2, 0.25) is 0 Å². The first-order valence-corrected chi connectivity index (χ1v) is 3.20. The molecule has 7 heavy (non-hydrogen) atoms. The summed E-state index contributed by atoms with van der Waals surface area (Å²) in [5.41, 5.74) is 0. The van der Waals surface area contributed by atoms with Gasteiger partial charge < -0.3 is 5.32 Å². The van der Waals surface area contributed by atoms with Crippen molar-refractivity contribution in [3.63, 3.8) is 0 Å². The average molecular weight is 97.2 g/mol. The predicted molar refractivity (Wildman–Crippen MR) is 29.1 cm³/mol. The second-order valence-corrected chi connectivity index (χ2v) is 2.71. The Labute approximate surface area is 44.1 Å². The molecule has 1 atom stereocenters. The van der Waals surface area contributed by atoms with Crippen molar-refractivity contribution in [2.75, 3.05) is 6.54 Å². The summed E-state index contributed by atoms with van der Waals surface area (Å²) in [5, 5.41) is 3.34. The van der Waals surface area contributed by atoms with Gasteiger partial charge in [0.1, 0.15) is 0 Å². The minimum Gasteiger partial charge on any atom is -0.311 e. The van der Waals surface area contributed by atoms with Crippen molar-refractivity contribution in [1.82, 2.24) is 5.32 Å². The van der Waals surface area contributed by atoms with Crippen molar-refractivity contribution < 1.29 is 0 Å². The Balaban J connectivity index is 1.83. The lowest BCUT2D eigenvalue weighted by molar-refractivity contribution is 0.310. The molecule has 1 nitrogen and oxygen atoms in total. The zero-order chi connectivity index (χ0) is 4.69. The van der Waals surface area contributed by atoms with Crippen molar-refractivity contribution >= 4 is 0 Å². The van der Waals surface area contributed by atoms with Crippen LogP contribution >= 0.6 is 0 Å². The van der Waals surface area contributed by atoms with Crippen LogP contribution in [0, 0.1) is 5.92 Å². The van der Waals surface area contributed by atoms with E-state index in [9.17, 15) is 0 Å². The van der Waals surface area contributed by atoms with Crippen LogP contribution in [0.4, 0.5) is 0 Å². The second kappa shape index (κ2) is 1.22. The Hall–Kier alpha value is -0.0400. The van der Waals surface area contributed by atoms with Gasteiger partial charge in [0.05, 0.1) is 0 Å². The zero-order valence-corrected chi connectivity index (χ0v) is 4.48. The Kier molecular flexibility index (Phi) is 0.680. The molecule has 0 spiro atoms. The Bertz CT molecular complexity index is 72.2. The molecular weight excluding hydrogens is 86.1 g/mol. The maximum absolute atomic E-state index is 3.34. The van der Waals surface area contributed by atoms with Crippen molar-refractivity contribution in [1.29, 1.82) is 0 Å². The molecule has 0 aromatic carbocycles. The van der Waals surface area contributed by atoms with Gasteiger partial charge in [0.25, 0.3) is 0 Å². The first-order chi connectivity index (χ1) is 3.47. The van der Waals surface area contributed by atoms with Gasteiger partial charge in [0, 0.05) is 12.6 Å². The molecular formula is C6H11N. The Morgan fingerprint density at radius 1 is 1.29 bits per heavy atom. The van der Waals surface area contributed by atoms with Crippen LogP contribution in [0.2, 0.25) is 0 Å². The maximum atomic E-state index is 3.34. The van der Waals surface area contributed by atoms with Crippen LogP contribution in [0.25, 0.3) is 0 Å². The molecule has 40 valence electrons. The third-order valence-corrected chi connectivity index (χ3v) is 2.16. The molecule has 0 bridgehead atoms. The molecule has 1 aliphatic heterocycles. The van der Waals surface area contributed by atoms with Crippen LogP contribution < -0.4 is 5.32 Å². The van der Waals surface area contributed by atoms with Crippen LogP contribution in [-0.4, -0.2) is 12.6 Å². The molecule has 1 aliphatic carbocycles. The number of hydrogen-bond donors (Lipinski definition) is 1. The van der Waals surface area contributed by atoms with Gasteiger partial charge in [-0.1, -0.05) is 6.42 Å². The van der Waals surface area contributed by atoms with Gasteiger partial charge in [-0.15, -0.1) is 0 Å². The summed E-state index contributed by atoms with van der Waals surface area (Å²) in [5.74, 6) is 1.08.